The smallest absolute Gasteiger partial charge is 0.468 e. The molecule has 2 aliphatic heterocycles. The molecule has 0 saturated carbocycles. The number of para-hydroxylation sites is 4. The Labute approximate surface area is 408 Å². The molecule has 2 aromatic heterocycles. The molecule has 0 atom stereocenters. The first-order valence-electron chi connectivity index (χ1n) is 22.9. The van der Waals surface area contributed by atoms with Crippen LogP contribution in [0.2, 0.25) is 10.6 Å². The maximum atomic E-state index is 6.77. The largest absolute Gasteiger partial charge is 0.493 e. The molecule has 12 heteroatoms. The molecule has 5 aromatic carbocycles. The minimum atomic E-state index is -0.659. The average molecular weight is 1060 g/mol. The van der Waals surface area contributed by atoms with Gasteiger partial charge in [0.2, 0.25) is 0 Å². The van der Waals surface area contributed by atoms with Crippen LogP contribution < -0.4 is 15.3 Å². The third-order valence-electron chi connectivity index (χ3n) is 12.3. The SMILES string of the molecule is CC(C)(C)B1OB(c2cccc(C(C)(C)C)c2N2[CH-]N(c3[c-]c(COCc4[c-]c5c(cc4)c4ccccc4n5-c4cc(C(C)(C)C)ccn4)ccc3)c3ccccc32)OB(C(C)(C)C)O1.[Pt]. The zero-order chi connectivity index (χ0) is 46.1. The fourth-order valence-corrected chi connectivity index (χ4v) is 8.77. The third-order valence-corrected chi connectivity index (χ3v) is 12.3. The van der Waals surface area contributed by atoms with Crippen molar-refractivity contribution in [2.45, 2.75) is 118 Å². The Kier molecular flexibility index (Phi) is 13.1. The van der Waals surface area contributed by atoms with Gasteiger partial charge in [-0.2, -0.15) is 42.5 Å². The first-order chi connectivity index (χ1) is 30.8. The Hall–Kier alpha value is -4.63. The summed E-state index contributed by atoms with van der Waals surface area (Å²) < 4.78 is 28.7. The molecule has 8 nitrogen and oxygen atoms in total. The van der Waals surface area contributed by atoms with Crippen LogP contribution >= 0.6 is 0 Å². The van der Waals surface area contributed by atoms with Crippen LogP contribution in [0, 0.1) is 18.8 Å². The second-order valence-corrected chi connectivity index (χ2v) is 21.8. The number of benzene rings is 5. The maximum absolute atomic E-state index is 6.77. The number of fused-ring (bicyclic) bond motifs is 4. The summed E-state index contributed by atoms with van der Waals surface area (Å²) in [6.45, 7) is 29.3. The van der Waals surface area contributed by atoms with Gasteiger partial charge in [0.05, 0.1) is 0 Å². The molecule has 0 N–H and O–H groups in total. The molecule has 1 saturated heterocycles. The second kappa shape index (κ2) is 18.1. The number of hydrogen-bond acceptors (Lipinski definition) is 7. The van der Waals surface area contributed by atoms with Crippen LogP contribution in [0.1, 0.15) is 105 Å². The Balaban J connectivity index is 0.00000592. The van der Waals surface area contributed by atoms with Gasteiger partial charge >= 0.3 is 21.4 Å². The number of nitrogens with zero attached hydrogens (tertiary/aromatic N) is 4. The molecule has 7 aromatic rings. The Morgan fingerprint density at radius 2 is 1.26 bits per heavy atom. The van der Waals surface area contributed by atoms with Crippen LogP contribution in [0.3, 0.4) is 0 Å². The van der Waals surface area contributed by atoms with Gasteiger partial charge in [-0.05, 0) is 68.3 Å². The number of aromatic nitrogens is 2. The molecule has 4 heterocycles. The third kappa shape index (κ3) is 9.44. The van der Waals surface area contributed by atoms with E-state index in [1.165, 1.54) is 16.5 Å². The summed E-state index contributed by atoms with van der Waals surface area (Å²) in [6, 6.07) is 45.8. The number of hydrogen-bond donors (Lipinski definition) is 0. The maximum Gasteiger partial charge on any atom is 0.468 e. The number of rotatable bonds is 8. The van der Waals surface area contributed by atoms with Crippen molar-refractivity contribution >= 4 is 71.4 Å². The monoisotopic (exact) mass is 1060 g/mol. The summed E-state index contributed by atoms with van der Waals surface area (Å²) in [5.74, 6) is 0.884. The van der Waals surface area contributed by atoms with Gasteiger partial charge in [0.1, 0.15) is 5.82 Å². The zero-order valence-corrected chi connectivity index (χ0v) is 42.7. The van der Waals surface area contributed by atoms with E-state index in [9.17, 15) is 0 Å². The molecule has 0 radical (unpaired) electrons. The second-order valence-electron chi connectivity index (χ2n) is 21.8. The van der Waals surface area contributed by atoms with Crippen LogP contribution in [0.25, 0.3) is 27.6 Å². The molecule has 9 rings (SSSR count). The van der Waals surface area contributed by atoms with Crippen molar-refractivity contribution in [1.82, 2.24) is 9.55 Å². The van der Waals surface area contributed by atoms with E-state index < -0.39 is 21.4 Å². The molecule has 0 aliphatic carbocycles. The number of ether oxygens (including phenoxy) is 1. The van der Waals surface area contributed by atoms with Crippen LogP contribution in [0.4, 0.5) is 22.7 Å². The fraction of sp³-hybridized carbons (Fsp3) is 0.333. The van der Waals surface area contributed by atoms with Crippen molar-refractivity contribution in [3.63, 3.8) is 0 Å². The fourth-order valence-electron chi connectivity index (χ4n) is 8.77. The Bertz CT molecular complexity index is 2850. The summed E-state index contributed by atoms with van der Waals surface area (Å²) in [6.07, 6.45) is 1.91. The molecular weight excluding hydrogens is 996 g/mol. The van der Waals surface area contributed by atoms with E-state index in [1.54, 1.807) is 0 Å². The van der Waals surface area contributed by atoms with Crippen molar-refractivity contribution in [1.29, 1.82) is 0 Å². The van der Waals surface area contributed by atoms with Crippen molar-refractivity contribution < 1.29 is 39.5 Å². The molecule has 0 bridgehead atoms. The summed E-state index contributed by atoms with van der Waals surface area (Å²) in [4.78, 5) is 9.36. The van der Waals surface area contributed by atoms with E-state index >= 15 is 0 Å². The Morgan fingerprint density at radius 1 is 0.621 bits per heavy atom. The first kappa shape index (κ1) is 47.9. The molecule has 0 amide bonds. The van der Waals surface area contributed by atoms with Gasteiger partial charge in [-0.3, -0.25) is 0 Å². The number of pyridine rings is 1. The van der Waals surface area contributed by atoms with E-state index in [1.807, 2.05) is 6.20 Å². The van der Waals surface area contributed by atoms with Gasteiger partial charge in [-0.15, -0.1) is 28.9 Å². The van der Waals surface area contributed by atoms with E-state index in [0.29, 0.717) is 13.2 Å². The molecule has 66 heavy (non-hydrogen) atoms. The molecule has 2 aliphatic rings. The van der Waals surface area contributed by atoms with Crippen molar-refractivity contribution in [2.24, 2.45) is 0 Å². The predicted octanol–water partition coefficient (Wildman–Crippen LogP) is 12.8. The molecule has 1 fully saturated rings. The van der Waals surface area contributed by atoms with Gasteiger partial charge in [-0.25, -0.2) is 4.98 Å². The quantitative estimate of drug-likeness (QED) is 0.111. The predicted molar refractivity (Wildman–Crippen MR) is 270 cm³/mol. The normalized spacial score (nSPS) is 14.9. The van der Waals surface area contributed by atoms with Gasteiger partial charge in [-0.1, -0.05) is 137 Å². The Morgan fingerprint density at radius 3 is 1.92 bits per heavy atom. The molecule has 342 valence electrons. The molecule has 0 spiro atoms. The van der Waals surface area contributed by atoms with Crippen LogP contribution in [-0.2, 0) is 63.6 Å². The van der Waals surface area contributed by atoms with E-state index in [4.69, 9.17) is 23.4 Å². The minimum Gasteiger partial charge on any atom is -0.493 e. The van der Waals surface area contributed by atoms with Gasteiger partial charge in [0.15, 0.2) is 0 Å². The van der Waals surface area contributed by atoms with Crippen LogP contribution in [0.15, 0.2) is 115 Å². The van der Waals surface area contributed by atoms with Crippen LogP contribution in [-0.4, -0.2) is 30.9 Å². The summed E-state index contributed by atoms with van der Waals surface area (Å²) in [5, 5.41) is 1.76. The summed E-state index contributed by atoms with van der Waals surface area (Å²) >= 11 is 0. The topological polar surface area (TPSA) is 61.2 Å². The standard InChI is InChI=1S/C54H60B3N4O4.Pt/c1-51(2,3)39-29-30-58-49(33-39)61-45-24-14-13-21-41(45)42-28-27-38(32-48(42)61)35-62-34-37-19-17-20-40(31-37)59-36-60(47-26-16-15-25-46(47)59)50-43(52(4,5)6)22-18-23-44(50)55-63-56(53(7,8)9)65-57(64-55)54(10,11)12;/h13-30,33,36H,34-35H2,1-12H3;/q-3;. The van der Waals surface area contributed by atoms with Gasteiger partial charge in [0.25, 0.3) is 0 Å². The van der Waals surface area contributed by atoms with E-state index in [0.717, 1.165) is 61.6 Å². The zero-order valence-electron chi connectivity index (χ0n) is 40.4. The van der Waals surface area contributed by atoms with Crippen molar-refractivity contribution in [2.75, 3.05) is 9.80 Å². The van der Waals surface area contributed by atoms with E-state index in [2.05, 4.69) is 225 Å². The number of anilines is 4. The van der Waals surface area contributed by atoms with Crippen molar-refractivity contribution in [3.8, 4) is 5.82 Å². The molecular formula is C54H60B3N4O4Pt-3. The van der Waals surface area contributed by atoms with Gasteiger partial charge in [0, 0.05) is 68.5 Å². The summed E-state index contributed by atoms with van der Waals surface area (Å²) in [5.41, 5.74) is 11.2. The average Bonchev–Trinajstić information content (AvgIpc) is 3.81. The summed E-state index contributed by atoms with van der Waals surface area (Å²) in [7, 11) is -1.60. The van der Waals surface area contributed by atoms with Crippen molar-refractivity contribution in [3.05, 3.63) is 156 Å². The minimum absolute atomic E-state index is 0. The van der Waals surface area contributed by atoms with E-state index in [-0.39, 0.29) is 42.5 Å². The van der Waals surface area contributed by atoms with Gasteiger partial charge < -0.3 is 32.8 Å². The molecule has 0 unspecified atom stereocenters. The first-order valence-corrected chi connectivity index (χ1v) is 22.9. The van der Waals surface area contributed by atoms with Crippen LogP contribution in [0.5, 0.6) is 0 Å².